The zero-order chi connectivity index (χ0) is 11.1. The summed E-state index contributed by atoms with van der Waals surface area (Å²) in [4.78, 5) is 11.4. The highest BCUT2D eigenvalue weighted by Gasteiger charge is 2.24. The predicted octanol–water partition coefficient (Wildman–Crippen LogP) is 0.0594. The monoisotopic (exact) mass is 215 g/mol. The average molecular weight is 215 g/mol. The molecule has 1 saturated carbocycles. The molecule has 0 unspecified atom stereocenters. The van der Waals surface area contributed by atoms with E-state index in [-0.39, 0.29) is 6.03 Å². The Kier molecular flexibility index (Phi) is 5.42. The van der Waals surface area contributed by atoms with Crippen LogP contribution in [0.15, 0.2) is 0 Å². The average Bonchev–Trinajstić information content (AvgIpc) is 2.66. The van der Waals surface area contributed by atoms with Crippen LogP contribution in [0.25, 0.3) is 0 Å². The molecule has 0 aromatic rings. The Morgan fingerprint density at radius 1 is 1.53 bits per heavy atom. The highest BCUT2D eigenvalue weighted by molar-refractivity contribution is 5.74. The fourth-order valence-corrected chi connectivity index (χ4v) is 1.92. The molecule has 0 radical (unpaired) electrons. The molecule has 1 fully saturated rings. The molecular weight excluding hydrogens is 194 g/mol. The van der Waals surface area contributed by atoms with Crippen LogP contribution in [0, 0.1) is 5.92 Å². The Balaban J connectivity index is 2.10. The number of amides is 2. The lowest BCUT2D eigenvalue weighted by molar-refractivity contribution is 0.195. The number of carbonyl (C=O) groups is 1. The van der Waals surface area contributed by atoms with Gasteiger partial charge in [0.2, 0.25) is 0 Å². The number of nitrogens with one attached hydrogen (secondary N) is 2. The zero-order valence-electron chi connectivity index (χ0n) is 9.29. The van der Waals surface area contributed by atoms with E-state index in [2.05, 4.69) is 10.6 Å². The molecule has 5 heteroatoms. The van der Waals surface area contributed by atoms with E-state index in [1.54, 1.807) is 7.11 Å². The minimum atomic E-state index is -0.102. The summed E-state index contributed by atoms with van der Waals surface area (Å²) < 4.78 is 4.84. The van der Waals surface area contributed by atoms with E-state index in [0.717, 1.165) is 25.8 Å². The van der Waals surface area contributed by atoms with Gasteiger partial charge in [0.25, 0.3) is 0 Å². The van der Waals surface area contributed by atoms with Crippen molar-refractivity contribution in [1.29, 1.82) is 0 Å². The second-order valence-corrected chi connectivity index (χ2v) is 4.00. The summed E-state index contributed by atoms with van der Waals surface area (Å²) in [7, 11) is 1.61. The van der Waals surface area contributed by atoms with Crippen molar-refractivity contribution in [2.75, 3.05) is 26.8 Å². The number of nitrogens with two attached hydrogens (primary N) is 1. The van der Waals surface area contributed by atoms with Crippen molar-refractivity contribution in [1.82, 2.24) is 10.6 Å². The van der Waals surface area contributed by atoms with E-state index >= 15 is 0 Å². The summed E-state index contributed by atoms with van der Waals surface area (Å²) in [6.07, 6.45) is 3.17. The van der Waals surface area contributed by atoms with Crippen LogP contribution < -0.4 is 16.4 Å². The first-order valence-electron chi connectivity index (χ1n) is 5.49. The number of rotatable bonds is 5. The van der Waals surface area contributed by atoms with Crippen molar-refractivity contribution in [3.63, 3.8) is 0 Å². The number of urea groups is 1. The van der Waals surface area contributed by atoms with Crippen LogP contribution in [0.1, 0.15) is 19.3 Å². The summed E-state index contributed by atoms with van der Waals surface area (Å²) in [5, 5.41) is 5.68. The standard InChI is InChI=1S/C10H21N3O2/c1-15-5-4-12-10(14)13-9-3-2-8(6-9)7-11/h8-9H,2-7,11H2,1H3,(H2,12,13,14)/t8-,9+/m0/s1. The van der Waals surface area contributed by atoms with Crippen LogP contribution in [0.4, 0.5) is 4.79 Å². The lowest BCUT2D eigenvalue weighted by Gasteiger charge is -2.13. The second-order valence-electron chi connectivity index (χ2n) is 4.00. The second kappa shape index (κ2) is 6.63. The number of carbonyl (C=O) groups excluding carboxylic acids is 1. The third-order valence-corrected chi connectivity index (χ3v) is 2.80. The van der Waals surface area contributed by atoms with Crippen LogP contribution in [0.3, 0.4) is 0 Å². The molecule has 0 saturated heterocycles. The Morgan fingerprint density at radius 3 is 2.93 bits per heavy atom. The van der Waals surface area contributed by atoms with Crippen molar-refractivity contribution in [3.8, 4) is 0 Å². The van der Waals surface area contributed by atoms with Gasteiger partial charge < -0.3 is 21.1 Å². The predicted molar refractivity (Wildman–Crippen MR) is 58.6 cm³/mol. The fourth-order valence-electron chi connectivity index (χ4n) is 1.92. The van der Waals surface area contributed by atoms with E-state index in [4.69, 9.17) is 10.5 Å². The van der Waals surface area contributed by atoms with Crippen LogP contribution >= 0.6 is 0 Å². The molecule has 0 bridgehead atoms. The normalized spacial score (nSPS) is 25.2. The third kappa shape index (κ3) is 4.48. The van der Waals surface area contributed by atoms with Gasteiger partial charge in [0.15, 0.2) is 0 Å². The summed E-state index contributed by atoms with van der Waals surface area (Å²) in [5.41, 5.74) is 5.58. The third-order valence-electron chi connectivity index (χ3n) is 2.80. The molecule has 2 atom stereocenters. The summed E-state index contributed by atoms with van der Waals surface area (Å²) in [6.45, 7) is 1.82. The maximum atomic E-state index is 11.4. The molecular formula is C10H21N3O2. The van der Waals surface area contributed by atoms with Crippen molar-refractivity contribution >= 4 is 6.03 Å². The smallest absolute Gasteiger partial charge is 0.315 e. The maximum Gasteiger partial charge on any atom is 0.315 e. The van der Waals surface area contributed by atoms with Gasteiger partial charge in [0, 0.05) is 19.7 Å². The highest BCUT2D eigenvalue weighted by atomic mass is 16.5. The minimum Gasteiger partial charge on any atom is -0.383 e. The van der Waals surface area contributed by atoms with Gasteiger partial charge in [-0.05, 0) is 31.7 Å². The SMILES string of the molecule is COCCNC(=O)N[C@@H]1CC[C@H](CN)C1. The fraction of sp³-hybridized carbons (Fsp3) is 0.900. The lowest BCUT2D eigenvalue weighted by Crippen LogP contribution is -2.42. The maximum absolute atomic E-state index is 11.4. The van der Waals surface area contributed by atoms with E-state index in [9.17, 15) is 4.79 Å². The molecule has 2 amide bonds. The summed E-state index contributed by atoms with van der Waals surface area (Å²) in [6, 6.07) is 0.191. The first-order chi connectivity index (χ1) is 7.26. The lowest BCUT2D eigenvalue weighted by atomic mass is 10.1. The van der Waals surface area contributed by atoms with Crippen molar-refractivity contribution in [2.45, 2.75) is 25.3 Å². The molecule has 15 heavy (non-hydrogen) atoms. The quantitative estimate of drug-likeness (QED) is 0.568. The Morgan fingerprint density at radius 2 is 2.33 bits per heavy atom. The topological polar surface area (TPSA) is 76.4 Å². The van der Waals surface area contributed by atoms with Gasteiger partial charge in [-0.1, -0.05) is 0 Å². The molecule has 4 N–H and O–H groups in total. The van der Waals surface area contributed by atoms with Gasteiger partial charge in [-0.15, -0.1) is 0 Å². The van der Waals surface area contributed by atoms with Crippen molar-refractivity contribution in [2.24, 2.45) is 11.7 Å². The first-order valence-corrected chi connectivity index (χ1v) is 5.49. The van der Waals surface area contributed by atoms with Gasteiger partial charge in [0.05, 0.1) is 6.61 Å². The van der Waals surface area contributed by atoms with E-state index in [1.165, 1.54) is 0 Å². The number of hydrogen-bond acceptors (Lipinski definition) is 3. The van der Waals surface area contributed by atoms with Crippen LogP contribution in [0.5, 0.6) is 0 Å². The minimum absolute atomic E-state index is 0.102. The first kappa shape index (κ1) is 12.3. The van der Waals surface area contributed by atoms with E-state index in [0.29, 0.717) is 25.1 Å². The van der Waals surface area contributed by atoms with Gasteiger partial charge in [-0.3, -0.25) is 0 Å². The van der Waals surface area contributed by atoms with Gasteiger partial charge in [-0.25, -0.2) is 4.79 Å². The number of methoxy groups -OCH3 is 1. The molecule has 0 heterocycles. The van der Waals surface area contributed by atoms with Gasteiger partial charge in [0.1, 0.15) is 0 Å². The van der Waals surface area contributed by atoms with E-state index in [1.807, 2.05) is 0 Å². The largest absolute Gasteiger partial charge is 0.383 e. The van der Waals surface area contributed by atoms with Crippen LogP contribution in [-0.2, 0) is 4.74 Å². The summed E-state index contributed by atoms with van der Waals surface area (Å²) in [5.74, 6) is 0.578. The van der Waals surface area contributed by atoms with Crippen molar-refractivity contribution < 1.29 is 9.53 Å². The molecule has 1 aliphatic carbocycles. The molecule has 1 aliphatic rings. The molecule has 0 aromatic carbocycles. The van der Waals surface area contributed by atoms with Gasteiger partial charge in [-0.2, -0.15) is 0 Å². The highest BCUT2D eigenvalue weighted by Crippen LogP contribution is 2.24. The molecule has 1 rings (SSSR count). The van der Waals surface area contributed by atoms with E-state index < -0.39 is 0 Å². The van der Waals surface area contributed by atoms with Crippen LogP contribution in [0.2, 0.25) is 0 Å². The Labute approximate surface area is 90.7 Å². The Bertz CT molecular complexity index is 199. The molecule has 0 aliphatic heterocycles. The number of hydrogen-bond donors (Lipinski definition) is 3. The number of ether oxygens (including phenoxy) is 1. The zero-order valence-corrected chi connectivity index (χ0v) is 9.29. The molecule has 0 aromatic heterocycles. The van der Waals surface area contributed by atoms with Crippen LogP contribution in [-0.4, -0.2) is 38.9 Å². The summed E-state index contributed by atoms with van der Waals surface area (Å²) >= 11 is 0. The molecule has 5 nitrogen and oxygen atoms in total. The van der Waals surface area contributed by atoms with Crippen molar-refractivity contribution in [3.05, 3.63) is 0 Å². The molecule has 0 spiro atoms. The molecule has 88 valence electrons. The Hall–Kier alpha value is -0.810. The van der Waals surface area contributed by atoms with Gasteiger partial charge >= 0.3 is 6.03 Å².